The summed E-state index contributed by atoms with van der Waals surface area (Å²) in [6.45, 7) is 0.844. The number of nitrogens with zero attached hydrogens (tertiary/aromatic N) is 3. The number of likely N-dealkylation sites (N-methyl/N-ethyl adjacent to an activating group) is 1. The van der Waals surface area contributed by atoms with Gasteiger partial charge in [-0.15, -0.1) is 0 Å². The number of benzene rings is 1. The van der Waals surface area contributed by atoms with Gasteiger partial charge in [-0.25, -0.2) is 4.98 Å². The van der Waals surface area contributed by atoms with Gasteiger partial charge >= 0.3 is 0 Å². The van der Waals surface area contributed by atoms with Crippen LogP contribution in [0, 0.1) is 0 Å². The van der Waals surface area contributed by atoms with E-state index >= 15 is 0 Å². The summed E-state index contributed by atoms with van der Waals surface area (Å²) in [7, 11) is 2.00. The number of rotatable bonds is 6. The van der Waals surface area contributed by atoms with Crippen LogP contribution in [-0.4, -0.2) is 29.5 Å². The van der Waals surface area contributed by atoms with Crippen molar-refractivity contribution in [3.63, 3.8) is 0 Å². The first-order valence-electron chi connectivity index (χ1n) is 8.25. The molecule has 0 atom stereocenters. The van der Waals surface area contributed by atoms with Crippen LogP contribution in [0.3, 0.4) is 0 Å². The lowest BCUT2D eigenvalue weighted by Gasteiger charge is -2.19. The summed E-state index contributed by atoms with van der Waals surface area (Å²) in [5, 5.41) is 3.26. The Morgan fingerprint density at radius 3 is 2.58 bits per heavy atom. The molecular formula is C20H19ClN4O. The third kappa shape index (κ3) is 4.58. The maximum Gasteiger partial charge on any atom is 0.274 e. The number of amides is 1. The Labute approximate surface area is 157 Å². The second kappa shape index (κ2) is 8.45. The maximum absolute atomic E-state index is 12.3. The first kappa shape index (κ1) is 17.9. The van der Waals surface area contributed by atoms with E-state index in [2.05, 4.69) is 20.2 Å². The van der Waals surface area contributed by atoms with Crippen molar-refractivity contribution in [3.05, 3.63) is 83.4 Å². The molecule has 0 aliphatic carbocycles. The van der Waals surface area contributed by atoms with Gasteiger partial charge in [0.2, 0.25) is 0 Å². The highest BCUT2D eigenvalue weighted by atomic mass is 35.5. The molecule has 26 heavy (non-hydrogen) atoms. The van der Waals surface area contributed by atoms with E-state index in [0.29, 0.717) is 16.4 Å². The smallest absolute Gasteiger partial charge is 0.274 e. The lowest BCUT2D eigenvalue weighted by molar-refractivity contribution is 0.102. The summed E-state index contributed by atoms with van der Waals surface area (Å²) < 4.78 is 0. The lowest BCUT2D eigenvalue weighted by Crippen LogP contribution is -2.21. The van der Waals surface area contributed by atoms with Gasteiger partial charge < -0.3 is 10.2 Å². The van der Waals surface area contributed by atoms with Crippen LogP contribution in [-0.2, 0) is 6.42 Å². The summed E-state index contributed by atoms with van der Waals surface area (Å²) in [5.74, 6) is -0.288. The van der Waals surface area contributed by atoms with E-state index in [1.807, 2.05) is 37.4 Å². The topological polar surface area (TPSA) is 58.1 Å². The summed E-state index contributed by atoms with van der Waals surface area (Å²) in [6, 6.07) is 14.7. The monoisotopic (exact) mass is 366 g/mol. The van der Waals surface area contributed by atoms with E-state index in [9.17, 15) is 4.79 Å². The Kier molecular flexibility index (Phi) is 5.81. The Bertz CT molecular complexity index is 868. The highest BCUT2D eigenvalue weighted by Gasteiger charge is 2.10. The zero-order valence-corrected chi connectivity index (χ0v) is 15.1. The molecule has 0 aliphatic heterocycles. The van der Waals surface area contributed by atoms with Crippen molar-refractivity contribution >= 4 is 28.9 Å². The Morgan fingerprint density at radius 1 is 1.12 bits per heavy atom. The SMILES string of the molecule is CN(CCc1ccncc1)c1ccc(C(=O)Nc2ccccc2Cl)nc1. The Hall–Kier alpha value is -2.92. The molecule has 3 aromatic rings. The largest absolute Gasteiger partial charge is 0.373 e. The van der Waals surface area contributed by atoms with Crippen LogP contribution < -0.4 is 10.2 Å². The fraction of sp³-hybridized carbons (Fsp3) is 0.150. The molecule has 0 spiro atoms. The number of aromatic nitrogens is 2. The van der Waals surface area contributed by atoms with Crippen LogP contribution in [0.25, 0.3) is 0 Å². The van der Waals surface area contributed by atoms with Gasteiger partial charge in [0.05, 0.1) is 22.6 Å². The average Bonchev–Trinajstić information content (AvgIpc) is 2.69. The molecule has 1 N–H and O–H groups in total. The normalized spacial score (nSPS) is 10.4. The minimum absolute atomic E-state index is 0.288. The standard InChI is InChI=1S/C20H19ClN4O/c1-25(13-10-15-8-11-22-12-9-15)16-6-7-19(23-14-16)20(26)24-18-5-3-2-4-17(18)21/h2-9,11-12,14H,10,13H2,1H3,(H,24,26). The number of nitrogens with one attached hydrogen (secondary N) is 1. The highest BCUT2D eigenvalue weighted by molar-refractivity contribution is 6.33. The van der Waals surface area contributed by atoms with Crippen LogP contribution in [0.1, 0.15) is 16.1 Å². The van der Waals surface area contributed by atoms with Crippen molar-refractivity contribution < 1.29 is 4.79 Å². The van der Waals surface area contributed by atoms with Gasteiger partial charge in [0.25, 0.3) is 5.91 Å². The molecule has 0 radical (unpaired) electrons. The fourth-order valence-electron chi connectivity index (χ4n) is 2.47. The van der Waals surface area contributed by atoms with E-state index in [0.717, 1.165) is 18.7 Å². The molecular weight excluding hydrogens is 348 g/mol. The third-order valence-electron chi connectivity index (χ3n) is 4.03. The van der Waals surface area contributed by atoms with Crippen molar-refractivity contribution in [2.24, 2.45) is 0 Å². The average molecular weight is 367 g/mol. The van der Waals surface area contributed by atoms with Crippen LogP contribution >= 0.6 is 11.6 Å². The zero-order valence-electron chi connectivity index (χ0n) is 14.4. The van der Waals surface area contributed by atoms with Crippen molar-refractivity contribution in [2.75, 3.05) is 23.8 Å². The van der Waals surface area contributed by atoms with Crippen molar-refractivity contribution in [3.8, 4) is 0 Å². The van der Waals surface area contributed by atoms with Gasteiger partial charge in [-0.05, 0) is 48.4 Å². The molecule has 1 amide bonds. The van der Waals surface area contributed by atoms with Crippen LogP contribution in [0.15, 0.2) is 67.1 Å². The molecule has 5 nitrogen and oxygen atoms in total. The van der Waals surface area contributed by atoms with Crippen LogP contribution in [0.2, 0.25) is 5.02 Å². The van der Waals surface area contributed by atoms with Gasteiger partial charge in [-0.3, -0.25) is 9.78 Å². The maximum atomic E-state index is 12.3. The second-order valence-electron chi connectivity index (χ2n) is 5.86. The molecule has 0 saturated carbocycles. The summed E-state index contributed by atoms with van der Waals surface area (Å²) in [4.78, 5) is 22.7. The predicted octanol–water partition coefficient (Wildman–Crippen LogP) is 4.06. The van der Waals surface area contributed by atoms with Crippen LogP contribution in [0.4, 0.5) is 11.4 Å². The van der Waals surface area contributed by atoms with E-state index in [1.54, 1.807) is 36.8 Å². The van der Waals surface area contributed by atoms with Gasteiger partial charge in [0.15, 0.2) is 0 Å². The van der Waals surface area contributed by atoms with Crippen LogP contribution in [0.5, 0.6) is 0 Å². The Balaban J connectivity index is 1.60. The number of halogens is 1. The first-order chi connectivity index (χ1) is 12.6. The van der Waals surface area contributed by atoms with Gasteiger partial charge in [-0.1, -0.05) is 23.7 Å². The van der Waals surface area contributed by atoms with E-state index in [1.165, 1.54) is 5.56 Å². The second-order valence-corrected chi connectivity index (χ2v) is 6.27. The van der Waals surface area contributed by atoms with E-state index in [-0.39, 0.29) is 5.91 Å². The van der Waals surface area contributed by atoms with E-state index in [4.69, 9.17) is 11.6 Å². The number of hydrogen-bond donors (Lipinski definition) is 1. The molecule has 0 aliphatic rings. The quantitative estimate of drug-likeness (QED) is 0.714. The molecule has 2 aromatic heterocycles. The molecule has 1 aromatic carbocycles. The number of carbonyl (C=O) groups is 1. The fourth-order valence-corrected chi connectivity index (χ4v) is 2.65. The summed E-state index contributed by atoms with van der Waals surface area (Å²) in [5.41, 5.74) is 3.10. The molecule has 0 saturated heterocycles. The number of anilines is 2. The minimum Gasteiger partial charge on any atom is -0.373 e. The van der Waals surface area contributed by atoms with Crippen molar-refractivity contribution in [2.45, 2.75) is 6.42 Å². The van der Waals surface area contributed by atoms with Crippen molar-refractivity contribution in [1.82, 2.24) is 9.97 Å². The zero-order chi connectivity index (χ0) is 18.4. The molecule has 0 unspecified atom stereocenters. The number of pyridine rings is 2. The number of hydrogen-bond acceptors (Lipinski definition) is 4. The molecule has 0 fully saturated rings. The summed E-state index contributed by atoms with van der Waals surface area (Å²) >= 11 is 6.06. The van der Waals surface area contributed by atoms with Crippen molar-refractivity contribution in [1.29, 1.82) is 0 Å². The number of para-hydroxylation sites is 1. The third-order valence-corrected chi connectivity index (χ3v) is 4.36. The van der Waals surface area contributed by atoms with Gasteiger partial charge in [0.1, 0.15) is 5.69 Å². The Morgan fingerprint density at radius 2 is 1.88 bits per heavy atom. The number of carbonyl (C=O) groups excluding carboxylic acids is 1. The van der Waals surface area contributed by atoms with Gasteiger partial charge in [-0.2, -0.15) is 0 Å². The molecule has 6 heteroatoms. The molecule has 2 heterocycles. The molecule has 0 bridgehead atoms. The molecule has 132 valence electrons. The lowest BCUT2D eigenvalue weighted by atomic mass is 10.2. The highest BCUT2D eigenvalue weighted by Crippen LogP contribution is 2.21. The van der Waals surface area contributed by atoms with E-state index < -0.39 is 0 Å². The van der Waals surface area contributed by atoms with Gasteiger partial charge in [0, 0.05) is 26.0 Å². The predicted molar refractivity (Wildman–Crippen MR) is 105 cm³/mol. The first-order valence-corrected chi connectivity index (χ1v) is 8.63. The minimum atomic E-state index is -0.288. The summed E-state index contributed by atoms with van der Waals surface area (Å²) in [6.07, 6.45) is 6.20. The molecule has 3 rings (SSSR count).